The van der Waals surface area contributed by atoms with Crippen molar-refractivity contribution in [3.05, 3.63) is 36.0 Å². The van der Waals surface area contributed by atoms with Crippen molar-refractivity contribution in [2.45, 2.75) is 26.4 Å². The van der Waals surface area contributed by atoms with E-state index in [0.717, 1.165) is 10.6 Å². The van der Waals surface area contributed by atoms with Crippen LogP contribution >= 0.6 is 0 Å². The normalized spacial score (nSPS) is 17.3. The maximum absolute atomic E-state index is 12.2. The van der Waals surface area contributed by atoms with Crippen LogP contribution < -0.4 is 10.2 Å². The number of hydrogen-bond donors (Lipinski definition) is 2. The van der Waals surface area contributed by atoms with Gasteiger partial charge in [0.2, 0.25) is 0 Å². The second kappa shape index (κ2) is 8.74. The number of ether oxygens (including phenoxy) is 1. The van der Waals surface area contributed by atoms with Gasteiger partial charge in [0.15, 0.2) is 0 Å². The Morgan fingerprint density at radius 3 is 2.30 bits per heavy atom. The highest BCUT2D eigenvalue weighted by Crippen LogP contribution is 2.22. The molecule has 2 N–H and O–H groups in total. The van der Waals surface area contributed by atoms with Gasteiger partial charge in [-0.3, -0.25) is 14.5 Å². The molecule has 0 saturated carbocycles. The monoisotopic (exact) mass is 416 g/mol. The molecular formula is C21H28N4O5. The van der Waals surface area contributed by atoms with Crippen molar-refractivity contribution >= 4 is 29.3 Å². The maximum Gasteiger partial charge on any atom is 0.410 e. The number of hydrogen-bond acceptors (Lipinski definition) is 7. The number of amides is 3. The molecule has 0 atom stereocenters. The van der Waals surface area contributed by atoms with E-state index < -0.39 is 17.4 Å². The molecule has 3 amide bonds. The van der Waals surface area contributed by atoms with E-state index in [2.05, 4.69) is 10.2 Å². The Labute approximate surface area is 175 Å². The average molecular weight is 416 g/mol. The second-order valence-corrected chi connectivity index (χ2v) is 8.20. The number of β-amino-alcohol motifs (C(OH)–C–C–N with tert-alkyl or cyclic N) is 1. The van der Waals surface area contributed by atoms with Crippen LogP contribution in [0.15, 0.2) is 36.0 Å². The average Bonchev–Trinajstić information content (AvgIpc) is 2.95. The molecule has 0 radical (unpaired) electrons. The molecule has 0 aromatic heterocycles. The molecule has 2 aliphatic rings. The quantitative estimate of drug-likeness (QED) is 0.700. The first-order chi connectivity index (χ1) is 14.2. The van der Waals surface area contributed by atoms with Gasteiger partial charge in [-0.1, -0.05) is 0 Å². The van der Waals surface area contributed by atoms with E-state index >= 15 is 0 Å². The van der Waals surface area contributed by atoms with Crippen molar-refractivity contribution in [3.8, 4) is 0 Å². The predicted octanol–water partition coefficient (Wildman–Crippen LogP) is 1.40. The summed E-state index contributed by atoms with van der Waals surface area (Å²) in [5, 5.41) is 11.9. The van der Waals surface area contributed by atoms with E-state index in [9.17, 15) is 14.4 Å². The van der Waals surface area contributed by atoms with Gasteiger partial charge in [0, 0.05) is 43.6 Å². The van der Waals surface area contributed by atoms with Crippen LogP contribution in [0.5, 0.6) is 0 Å². The number of piperazine rings is 1. The van der Waals surface area contributed by atoms with Crippen LogP contribution in [0.25, 0.3) is 0 Å². The number of imide groups is 1. The van der Waals surface area contributed by atoms with E-state index in [1.54, 1.807) is 4.90 Å². The van der Waals surface area contributed by atoms with E-state index in [0.29, 0.717) is 31.9 Å². The zero-order valence-electron chi connectivity index (χ0n) is 17.6. The summed E-state index contributed by atoms with van der Waals surface area (Å²) in [6.45, 7) is 7.82. The lowest BCUT2D eigenvalue weighted by Gasteiger charge is -2.36. The lowest BCUT2D eigenvalue weighted by Crippen LogP contribution is -2.50. The molecule has 0 bridgehead atoms. The Balaban J connectivity index is 1.55. The van der Waals surface area contributed by atoms with E-state index in [4.69, 9.17) is 9.84 Å². The van der Waals surface area contributed by atoms with E-state index in [1.165, 1.54) is 6.08 Å². The third-order valence-corrected chi connectivity index (χ3v) is 4.78. The van der Waals surface area contributed by atoms with Crippen LogP contribution in [0.1, 0.15) is 20.8 Å². The molecule has 2 aliphatic heterocycles. The predicted molar refractivity (Wildman–Crippen MR) is 112 cm³/mol. The molecule has 0 unspecified atom stereocenters. The minimum atomic E-state index is -0.507. The summed E-state index contributed by atoms with van der Waals surface area (Å²) in [6.07, 6.45) is 0.947. The number of carbonyl (C=O) groups is 3. The van der Waals surface area contributed by atoms with Gasteiger partial charge in [-0.25, -0.2) is 4.79 Å². The number of anilines is 2. The summed E-state index contributed by atoms with van der Waals surface area (Å²) in [7, 11) is 0. The molecule has 9 heteroatoms. The van der Waals surface area contributed by atoms with Gasteiger partial charge < -0.3 is 25.0 Å². The first-order valence-corrected chi connectivity index (χ1v) is 9.96. The van der Waals surface area contributed by atoms with Gasteiger partial charge in [-0.15, -0.1) is 0 Å². The van der Waals surface area contributed by atoms with Crippen molar-refractivity contribution in [2.75, 3.05) is 49.5 Å². The van der Waals surface area contributed by atoms with Gasteiger partial charge in [0.1, 0.15) is 11.3 Å². The lowest BCUT2D eigenvalue weighted by atomic mass is 10.2. The van der Waals surface area contributed by atoms with Crippen molar-refractivity contribution in [2.24, 2.45) is 0 Å². The Kier molecular flexibility index (Phi) is 6.31. The van der Waals surface area contributed by atoms with Crippen molar-refractivity contribution < 1.29 is 24.2 Å². The molecule has 1 aromatic rings. The minimum Gasteiger partial charge on any atom is -0.444 e. The number of benzene rings is 1. The fraction of sp³-hybridized carbons (Fsp3) is 0.476. The number of nitrogens with zero attached hydrogens (tertiary/aromatic N) is 3. The number of aliphatic hydroxyl groups is 1. The van der Waals surface area contributed by atoms with Crippen LogP contribution in [-0.2, 0) is 14.3 Å². The van der Waals surface area contributed by atoms with Crippen LogP contribution in [0.4, 0.5) is 16.2 Å². The summed E-state index contributed by atoms with van der Waals surface area (Å²) in [6, 6.07) is 7.53. The van der Waals surface area contributed by atoms with Gasteiger partial charge in [-0.2, -0.15) is 0 Å². The molecule has 0 spiro atoms. The van der Waals surface area contributed by atoms with Crippen LogP contribution in [-0.4, -0.2) is 77.7 Å². The van der Waals surface area contributed by atoms with Gasteiger partial charge >= 0.3 is 6.09 Å². The number of rotatable bonds is 5. The highest BCUT2D eigenvalue weighted by molar-refractivity contribution is 6.17. The molecule has 30 heavy (non-hydrogen) atoms. The molecule has 1 saturated heterocycles. The summed E-state index contributed by atoms with van der Waals surface area (Å²) in [5.74, 6) is -0.882. The summed E-state index contributed by atoms with van der Waals surface area (Å²) in [4.78, 5) is 41.1. The summed E-state index contributed by atoms with van der Waals surface area (Å²) in [5.41, 5.74) is 1.37. The third kappa shape index (κ3) is 5.10. The van der Waals surface area contributed by atoms with Gasteiger partial charge in [-0.05, 0) is 45.0 Å². The lowest BCUT2D eigenvalue weighted by molar-refractivity contribution is -0.137. The van der Waals surface area contributed by atoms with Crippen LogP contribution in [0.3, 0.4) is 0 Å². The van der Waals surface area contributed by atoms with Crippen LogP contribution in [0, 0.1) is 0 Å². The molecule has 162 valence electrons. The van der Waals surface area contributed by atoms with E-state index in [1.807, 2.05) is 45.0 Å². The fourth-order valence-corrected chi connectivity index (χ4v) is 3.29. The standard InChI is InChI=1S/C21H28N4O5/c1-21(2,3)30-20(29)24-10-8-23(9-11-24)16-6-4-15(5-7-16)22-17-14-18(27)25(12-13-26)19(17)28/h4-7,14,22,26H,8-13H2,1-3H3. The molecule has 9 nitrogen and oxygen atoms in total. The maximum atomic E-state index is 12.2. The van der Waals surface area contributed by atoms with Gasteiger partial charge in [0.25, 0.3) is 11.8 Å². The Morgan fingerprint density at radius 1 is 1.10 bits per heavy atom. The fourth-order valence-electron chi connectivity index (χ4n) is 3.29. The first kappa shape index (κ1) is 21.6. The third-order valence-electron chi connectivity index (χ3n) is 4.78. The molecule has 0 aliphatic carbocycles. The van der Waals surface area contributed by atoms with Gasteiger partial charge in [0.05, 0.1) is 13.2 Å². The number of carbonyl (C=O) groups excluding carboxylic acids is 3. The highest BCUT2D eigenvalue weighted by atomic mass is 16.6. The number of nitrogens with one attached hydrogen (secondary N) is 1. The first-order valence-electron chi connectivity index (χ1n) is 9.96. The molecule has 3 rings (SSSR count). The summed E-state index contributed by atoms with van der Waals surface area (Å²) < 4.78 is 5.42. The molecule has 2 heterocycles. The Hall–Kier alpha value is -3.07. The second-order valence-electron chi connectivity index (χ2n) is 8.20. The number of aliphatic hydroxyl groups excluding tert-OH is 1. The molecule has 1 aromatic carbocycles. The van der Waals surface area contributed by atoms with Crippen molar-refractivity contribution in [3.63, 3.8) is 0 Å². The zero-order valence-corrected chi connectivity index (χ0v) is 17.6. The smallest absolute Gasteiger partial charge is 0.410 e. The summed E-state index contributed by atoms with van der Waals surface area (Å²) >= 11 is 0. The van der Waals surface area contributed by atoms with E-state index in [-0.39, 0.29) is 24.9 Å². The topological polar surface area (TPSA) is 102 Å². The molecular weight excluding hydrogens is 388 g/mol. The molecule has 1 fully saturated rings. The largest absolute Gasteiger partial charge is 0.444 e. The van der Waals surface area contributed by atoms with Crippen molar-refractivity contribution in [1.29, 1.82) is 0 Å². The zero-order chi connectivity index (χ0) is 21.9. The Bertz CT molecular complexity index is 836. The Morgan fingerprint density at radius 2 is 1.73 bits per heavy atom. The highest BCUT2D eigenvalue weighted by Gasteiger charge is 2.30. The van der Waals surface area contributed by atoms with Crippen molar-refractivity contribution in [1.82, 2.24) is 9.80 Å². The SMILES string of the molecule is CC(C)(C)OC(=O)N1CCN(c2ccc(NC3=CC(=O)N(CCO)C3=O)cc2)CC1. The van der Waals surface area contributed by atoms with Crippen LogP contribution in [0.2, 0.25) is 0 Å². The minimum absolute atomic E-state index is 0.0203.